The Labute approximate surface area is 109 Å². The summed E-state index contributed by atoms with van der Waals surface area (Å²) >= 11 is 0. The Hall–Kier alpha value is -1.10. The largest absolute Gasteiger partial charge is 0.480 e. The minimum atomic E-state index is -0.911. The van der Waals surface area contributed by atoms with Crippen molar-refractivity contribution < 1.29 is 14.7 Å². The number of rotatable bonds is 8. The second-order valence-electron chi connectivity index (χ2n) is 5.29. The van der Waals surface area contributed by atoms with Crippen LogP contribution in [0.25, 0.3) is 0 Å². The summed E-state index contributed by atoms with van der Waals surface area (Å²) in [7, 11) is 0. The second-order valence-corrected chi connectivity index (χ2v) is 5.29. The van der Waals surface area contributed by atoms with Gasteiger partial charge in [0.15, 0.2) is 0 Å². The van der Waals surface area contributed by atoms with Gasteiger partial charge < -0.3 is 10.4 Å². The van der Waals surface area contributed by atoms with Gasteiger partial charge in [-0.25, -0.2) is 0 Å². The van der Waals surface area contributed by atoms with Crippen LogP contribution in [-0.4, -0.2) is 34.6 Å². The van der Waals surface area contributed by atoms with E-state index in [-0.39, 0.29) is 11.4 Å². The lowest BCUT2D eigenvalue weighted by Crippen LogP contribution is -2.54. The van der Waals surface area contributed by atoms with E-state index in [9.17, 15) is 9.59 Å². The fraction of sp³-hybridized carbons (Fsp3) is 0.846. The number of carbonyl (C=O) groups is 2. The third-order valence-corrected chi connectivity index (χ3v) is 3.07. The van der Waals surface area contributed by atoms with E-state index in [1.807, 2.05) is 27.7 Å². The number of carbonyl (C=O) groups excluding carboxylic acids is 1. The van der Waals surface area contributed by atoms with Crippen LogP contribution in [0.15, 0.2) is 0 Å². The lowest BCUT2D eigenvalue weighted by Gasteiger charge is -2.27. The molecule has 0 aliphatic heterocycles. The predicted molar refractivity (Wildman–Crippen MR) is 71.4 cm³/mol. The van der Waals surface area contributed by atoms with Crippen molar-refractivity contribution in [1.29, 1.82) is 0 Å². The highest BCUT2D eigenvalue weighted by Crippen LogP contribution is 2.07. The molecule has 0 aromatic heterocycles. The molecule has 0 rings (SSSR count). The van der Waals surface area contributed by atoms with Gasteiger partial charge in [0.2, 0.25) is 5.91 Å². The molecule has 0 radical (unpaired) electrons. The van der Waals surface area contributed by atoms with E-state index < -0.39 is 18.1 Å². The summed E-state index contributed by atoms with van der Waals surface area (Å²) in [6, 6.07) is -1.18. The highest BCUT2D eigenvalue weighted by molar-refractivity contribution is 5.83. The number of hydrogen-bond acceptors (Lipinski definition) is 3. The van der Waals surface area contributed by atoms with Crippen LogP contribution in [0.4, 0.5) is 0 Å². The zero-order chi connectivity index (χ0) is 14.3. The van der Waals surface area contributed by atoms with E-state index in [1.54, 1.807) is 6.92 Å². The lowest BCUT2D eigenvalue weighted by molar-refractivity contribution is -0.140. The van der Waals surface area contributed by atoms with Crippen LogP contribution in [-0.2, 0) is 9.59 Å². The number of hydrogen-bond donors (Lipinski definition) is 3. The van der Waals surface area contributed by atoms with E-state index in [1.165, 1.54) is 0 Å². The molecule has 0 saturated heterocycles. The van der Waals surface area contributed by atoms with Gasteiger partial charge in [-0.1, -0.05) is 20.3 Å². The van der Waals surface area contributed by atoms with Gasteiger partial charge in [-0.2, -0.15) is 0 Å². The molecule has 5 nitrogen and oxygen atoms in total. The quantitative estimate of drug-likeness (QED) is 0.617. The van der Waals surface area contributed by atoms with E-state index in [0.717, 1.165) is 12.8 Å². The molecule has 2 unspecified atom stereocenters. The maximum Gasteiger partial charge on any atom is 0.320 e. The van der Waals surface area contributed by atoms with Gasteiger partial charge >= 0.3 is 5.97 Å². The molecule has 106 valence electrons. The van der Waals surface area contributed by atoms with Crippen LogP contribution in [0.5, 0.6) is 0 Å². The zero-order valence-electron chi connectivity index (χ0n) is 12.0. The summed E-state index contributed by atoms with van der Waals surface area (Å²) in [5.74, 6) is -1.07. The summed E-state index contributed by atoms with van der Waals surface area (Å²) < 4.78 is 0. The molecule has 0 aromatic rings. The molecule has 0 aromatic carbocycles. The zero-order valence-corrected chi connectivity index (χ0v) is 12.0. The third kappa shape index (κ3) is 6.00. The van der Waals surface area contributed by atoms with E-state index in [2.05, 4.69) is 10.6 Å². The number of carboxylic acids is 1. The second kappa shape index (κ2) is 7.36. The van der Waals surface area contributed by atoms with Crippen molar-refractivity contribution in [3.63, 3.8) is 0 Å². The molecule has 0 bridgehead atoms. The van der Waals surface area contributed by atoms with Crippen LogP contribution in [0.3, 0.4) is 0 Å². The molecule has 0 spiro atoms. The normalized spacial score (nSPS) is 14.9. The number of amides is 1. The first-order chi connectivity index (χ1) is 8.23. The lowest BCUT2D eigenvalue weighted by atomic mass is 10.0. The van der Waals surface area contributed by atoms with Crippen molar-refractivity contribution in [3.8, 4) is 0 Å². The average molecular weight is 258 g/mol. The first-order valence-corrected chi connectivity index (χ1v) is 6.54. The number of carboxylic acid groups (broad SMARTS) is 1. The summed E-state index contributed by atoms with van der Waals surface area (Å²) in [6.45, 7) is 9.49. The van der Waals surface area contributed by atoms with Gasteiger partial charge in [0.05, 0.1) is 6.04 Å². The average Bonchev–Trinajstić information content (AvgIpc) is 2.27. The first-order valence-electron chi connectivity index (χ1n) is 6.54. The van der Waals surface area contributed by atoms with Crippen molar-refractivity contribution in [2.24, 2.45) is 0 Å². The van der Waals surface area contributed by atoms with Crippen molar-refractivity contribution in [2.75, 3.05) is 0 Å². The Kier molecular flexibility index (Phi) is 6.91. The Balaban J connectivity index is 4.42. The summed E-state index contributed by atoms with van der Waals surface area (Å²) in [6.07, 6.45) is 2.10. The van der Waals surface area contributed by atoms with E-state index in [4.69, 9.17) is 5.11 Å². The monoisotopic (exact) mass is 258 g/mol. The Morgan fingerprint density at radius 2 is 1.83 bits per heavy atom. The molecule has 2 atom stereocenters. The Morgan fingerprint density at radius 1 is 1.28 bits per heavy atom. The van der Waals surface area contributed by atoms with Crippen molar-refractivity contribution in [2.45, 2.75) is 71.5 Å². The Morgan fingerprint density at radius 3 is 2.22 bits per heavy atom. The topological polar surface area (TPSA) is 78.4 Å². The third-order valence-electron chi connectivity index (χ3n) is 3.07. The molecule has 18 heavy (non-hydrogen) atoms. The summed E-state index contributed by atoms with van der Waals surface area (Å²) in [5.41, 5.74) is -0.267. The highest BCUT2D eigenvalue weighted by atomic mass is 16.4. The maximum absolute atomic E-state index is 11.9. The summed E-state index contributed by atoms with van der Waals surface area (Å²) in [5, 5.41) is 14.8. The molecule has 0 fully saturated rings. The molecular formula is C13H26N2O3. The molecule has 0 heterocycles. The van der Waals surface area contributed by atoms with Crippen molar-refractivity contribution in [3.05, 3.63) is 0 Å². The molecule has 3 N–H and O–H groups in total. The molecule has 0 saturated carbocycles. The fourth-order valence-electron chi connectivity index (χ4n) is 1.47. The SMILES string of the molecule is CCCC(NC(C)C(=O)NC(C)(C)CC)C(=O)O. The van der Waals surface area contributed by atoms with Gasteiger partial charge in [-0.3, -0.25) is 14.9 Å². The Bertz CT molecular complexity index is 290. The molecule has 0 aliphatic rings. The van der Waals surface area contributed by atoms with Gasteiger partial charge in [-0.15, -0.1) is 0 Å². The summed E-state index contributed by atoms with van der Waals surface area (Å²) in [4.78, 5) is 22.9. The maximum atomic E-state index is 11.9. The van der Waals surface area contributed by atoms with Crippen LogP contribution in [0.2, 0.25) is 0 Å². The smallest absolute Gasteiger partial charge is 0.320 e. The first kappa shape index (κ1) is 16.9. The number of aliphatic carboxylic acids is 1. The minimum absolute atomic E-state index is 0.163. The highest BCUT2D eigenvalue weighted by Gasteiger charge is 2.25. The standard InChI is InChI=1S/C13H26N2O3/c1-6-8-10(12(17)18)14-9(3)11(16)15-13(4,5)7-2/h9-10,14H,6-8H2,1-5H3,(H,15,16)(H,17,18). The van der Waals surface area contributed by atoms with Crippen LogP contribution in [0, 0.1) is 0 Å². The minimum Gasteiger partial charge on any atom is -0.480 e. The van der Waals surface area contributed by atoms with Gasteiger partial charge in [0, 0.05) is 5.54 Å². The van der Waals surface area contributed by atoms with Crippen LogP contribution in [0.1, 0.15) is 53.9 Å². The molecule has 1 amide bonds. The van der Waals surface area contributed by atoms with Gasteiger partial charge in [-0.05, 0) is 33.6 Å². The molecule has 0 aliphatic carbocycles. The molecule has 5 heteroatoms. The van der Waals surface area contributed by atoms with E-state index >= 15 is 0 Å². The van der Waals surface area contributed by atoms with Crippen molar-refractivity contribution >= 4 is 11.9 Å². The van der Waals surface area contributed by atoms with E-state index in [0.29, 0.717) is 6.42 Å². The van der Waals surface area contributed by atoms with Gasteiger partial charge in [0.25, 0.3) is 0 Å². The van der Waals surface area contributed by atoms with Crippen molar-refractivity contribution in [1.82, 2.24) is 10.6 Å². The predicted octanol–water partition coefficient (Wildman–Crippen LogP) is 1.52. The fourth-order valence-corrected chi connectivity index (χ4v) is 1.47. The van der Waals surface area contributed by atoms with Crippen LogP contribution >= 0.6 is 0 Å². The van der Waals surface area contributed by atoms with Crippen LogP contribution < -0.4 is 10.6 Å². The number of nitrogens with one attached hydrogen (secondary N) is 2. The van der Waals surface area contributed by atoms with Gasteiger partial charge in [0.1, 0.15) is 6.04 Å². The molecular weight excluding hydrogens is 232 g/mol.